The van der Waals surface area contributed by atoms with Crippen LogP contribution in [0.5, 0.6) is 0 Å². The molecule has 110 valence electrons. The van der Waals surface area contributed by atoms with Crippen molar-refractivity contribution in [1.29, 1.82) is 0 Å². The van der Waals surface area contributed by atoms with Gasteiger partial charge in [-0.15, -0.1) is 0 Å². The second-order valence-corrected chi connectivity index (χ2v) is 6.23. The molecule has 0 heterocycles. The summed E-state index contributed by atoms with van der Waals surface area (Å²) in [7, 11) is 0. The van der Waals surface area contributed by atoms with E-state index in [0.717, 1.165) is 37.4 Å². The fourth-order valence-corrected chi connectivity index (χ4v) is 2.75. The van der Waals surface area contributed by atoms with Crippen LogP contribution in [0.4, 0.5) is 4.79 Å². The summed E-state index contributed by atoms with van der Waals surface area (Å²) in [6.45, 7) is 2.22. The van der Waals surface area contributed by atoms with E-state index in [1.807, 2.05) is 6.26 Å². The molecule has 19 heavy (non-hydrogen) atoms. The Labute approximate surface area is 118 Å². The summed E-state index contributed by atoms with van der Waals surface area (Å²) in [5, 5.41) is 14.5. The van der Waals surface area contributed by atoms with E-state index in [0.29, 0.717) is 6.42 Å². The van der Waals surface area contributed by atoms with Crippen LogP contribution in [0.2, 0.25) is 0 Å². The number of thioether (sulfide) groups is 1. The van der Waals surface area contributed by atoms with Gasteiger partial charge in [0.05, 0.1) is 0 Å². The average Bonchev–Trinajstić information content (AvgIpc) is 2.37. The summed E-state index contributed by atoms with van der Waals surface area (Å²) in [6.07, 6.45) is 6.58. The van der Waals surface area contributed by atoms with Crippen LogP contribution in [-0.2, 0) is 4.79 Å². The van der Waals surface area contributed by atoms with Gasteiger partial charge in [0.2, 0.25) is 0 Å². The van der Waals surface area contributed by atoms with Crippen LogP contribution in [0.15, 0.2) is 0 Å². The van der Waals surface area contributed by atoms with Crippen molar-refractivity contribution in [1.82, 2.24) is 10.6 Å². The van der Waals surface area contributed by atoms with E-state index in [4.69, 9.17) is 5.11 Å². The lowest BCUT2D eigenvalue weighted by atomic mass is 9.87. The van der Waals surface area contributed by atoms with Crippen molar-refractivity contribution in [3.63, 3.8) is 0 Å². The first kappa shape index (κ1) is 16.1. The van der Waals surface area contributed by atoms with Crippen LogP contribution in [0.1, 0.15) is 39.0 Å². The Morgan fingerprint density at radius 1 is 1.32 bits per heavy atom. The molecular formula is C13H24N2O3S. The highest BCUT2D eigenvalue weighted by molar-refractivity contribution is 7.98. The van der Waals surface area contributed by atoms with Gasteiger partial charge in [-0.25, -0.2) is 9.59 Å². The second-order valence-electron chi connectivity index (χ2n) is 5.25. The third-order valence-electron chi connectivity index (χ3n) is 3.57. The Morgan fingerprint density at radius 2 is 1.95 bits per heavy atom. The molecule has 1 aliphatic carbocycles. The van der Waals surface area contributed by atoms with Gasteiger partial charge in [-0.2, -0.15) is 11.8 Å². The van der Waals surface area contributed by atoms with Crippen molar-refractivity contribution in [2.24, 2.45) is 5.92 Å². The number of hydrogen-bond donors (Lipinski definition) is 3. The van der Waals surface area contributed by atoms with Crippen molar-refractivity contribution in [3.05, 3.63) is 0 Å². The van der Waals surface area contributed by atoms with E-state index in [9.17, 15) is 9.59 Å². The van der Waals surface area contributed by atoms with Gasteiger partial charge in [0.1, 0.15) is 6.04 Å². The maximum atomic E-state index is 11.8. The molecule has 3 N–H and O–H groups in total. The predicted octanol–water partition coefficient (Wildman–Crippen LogP) is 2.07. The number of nitrogens with one attached hydrogen (secondary N) is 2. The van der Waals surface area contributed by atoms with Gasteiger partial charge in [0.25, 0.3) is 0 Å². The molecule has 0 bridgehead atoms. The van der Waals surface area contributed by atoms with Crippen molar-refractivity contribution >= 4 is 23.8 Å². The summed E-state index contributed by atoms with van der Waals surface area (Å²) < 4.78 is 0. The molecule has 1 aliphatic rings. The SMILES string of the molecule is CSCC[C@@H](NC(=O)NC1CCC(C)CC1)C(=O)O. The third-order valence-corrected chi connectivity index (χ3v) is 4.21. The number of amides is 2. The molecule has 1 saturated carbocycles. The van der Waals surface area contributed by atoms with E-state index >= 15 is 0 Å². The van der Waals surface area contributed by atoms with Gasteiger partial charge in [0.15, 0.2) is 0 Å². The molecule has 0 aromatic heterocycles. The maximum absolute atomic E-state index is 11.8. The standard InChI is InChI=1S/C13H24N2O3S/c1-9-3-5-10(6-4-9)14-13(18)15-11(12(16)17)7-8-19-2/h9-11H,3-8H2,1-2H3,(H,16,17)(H2,14,15,18)/t9?,10?,11-/m1/s1. The molecular weight excluding hydrogens is 264 g/mol. The van der Waals surface area contributed by atoms with Crippen molar-refractivity contribution < 1.29 is 14.7 Å². The molecule has 2 amide bonds. The fourth-order valence-electron chi connectivity index (χ4n) is 2.28. The van der Waals surface area contributed by atoms with E-state index < -0.39 is 12.0 Å². The summed E-state index contributed by atoms with van der Waals surface area (Å²) >= 11 is 1.58. The van der Waals surface area contributed by atoms with Crippen LogP contribution >= 0.6 is 11.8 Å². The zero-order chi connectivity index (χ0) is 14.3. The molecule has 0 radical (unpaired) electrons. The molecule has 1 rings (SSSR count). The van der Waals surface area contributed by atoms with Crippen LogP contribution in [0.3, 0.4) is 0 Å². The highest BCUT2D eigenvalue weighted by Gasteiger charge is 2.23. The van der Waals surface area contributed by atoms with Gasteiger partial charge in [-0.05, 0) is 50.0 Å². The molecule has 0 aliphatic heterocycles. The van der Waals surface area contributed by atoms with Gasteiger partial charge in [-0.1, -0.05) is 6.92 Å². The minimum Gasteiger partial charge on any atom is -0.480 e. The Balaban J connectivity index is 2.33. The highest BCUT2D eigenvalue weighted by Crippen LogP contribution is 2.23. The van der Waals surface area contributed by atoms with Gasteiger partial charge in [0, 0.05) is 6.04 Å². The number of urea groups is 1. The lowest BCUT2D eigenvalue weighted by Gasteiger charge is -2.27. The number of carbonyl (C=O) groups is 2. The normalized spacial score (nSPS) is 24.5. The smallest absolute Gasteiger partial charge is 0.326 e. The topological polar surface area (TPSA) is 78.4 Å². The zero-order valence-corrected chi connectivity index (χ0v) is 12.5. The number of carboxylic acids is 1. The molecule has 5 nitrogen and oxygen atoms in total. The minimum atomic E-state index is -0.971. The molecule has 0 saturated heterocycles. The van der Waals surface area contributed by atoms with E-state index in [-0.39, 0.29) is 12.1 Å². The van der Waals surface area contributed by atoms with E-state index in [1.165, 1.54) is 0 Å². The average molecular weight is 288 g/mol. The number of hydrogen-bond acceptors (Lipinski definition) is 3. The fraction of sp³-hybridized carbons (Fsp3) is 0.846. The highest BCUT2D eigenvalue weighted by atomic mass is 32.2. The molecule has 0 aromatic carbocycles. The summed E-state index contributed by atoms with van der Waals surface area (Å²) in [5.41, 5.74) is 0. The molecule has 0 spiro atoms. The lowest BCUT2D eigenvalue weighted by Crippen LogP contribution is -2.49. The zero-order valence-electron chi connectivity index (χ0n) is 11.6. The first-order valence-corrected chi connectivity index (χ1v) is 8.21. The first-order valence-electron chi connectivity index (χ1n) is 6.81. The Kier molecular flexibility index (Phi) is 7.05. The van der Waals surface area contributed by atoms with Crippen LogP contribution in [-0.4, -0.2) is 41.2 Å². The first-order chi connectivity index (χ1) is 9.02. The Bertz CT molecular complexity index is 304. The molecule has 1 atom stereocenters. The number of carbonyl (C=O) groups excluding carboxylic acids is 1. The van der Waals surface area contributed by atoms with Crippen molar-refractivity contribution in [3.8, 4) is 0 Å². The molecule has 0 aromatic rings. The summed E-state index contributed by atoms with van der Waals surface area (Å²) in [4.78, 5) is 22.8. The van der Waals surface area contributed by atoms with E-state index in [2.05, 4.69) is 17.6 Å². The summed E-state index contributed by atoms with van der Waals surface area (Å²) in [5.74, 6) is 0.481. The molecule has 0 unspecified atom stereocenters. The van der Waals surface area contributed by atoms with E-state index in [1.54, 1.807) is 11.8 Å². The quantitative estimate of drug-likeness (QED) is 0.699. The molecule has 6 heteroatoms. The lowest BCUT2D eigenvalue weighted by molar-refractivity contribution is -0.139. The maximum Gasteiger partial charge on any atom is 0.326 e. The third kappa shape index (κ3) is 6.18. The van der Waals surface area contributed by atoms with Gasteiger partial charge < -0.3 is 15.7 Å². The second kappa shape index (κ2) is 8.30. The van der Waals surface area contributed by atoms with Crippen molar-refractivity contribution in [2.75, 3.05) is 12.0 Å². The van der Waals surface area contributed by atoms with Crippen LogP contribution < -0.4 is 10.6 Å². The largest absolute Gasteiger partial charge is 0.480 e. The Hall–Kier alpha value is -0.910. The van der Waals surface area contributed by atoms with Crippen molar-refractivity contribution in [2.45, 2.75) is 51.1 Å². The number of rotatable bonds is 6. The monoisotopic (exact) mass is 288 g/mol. The minimum absolute atomic E-state index is 0.186. The van der Waals surface area contributed by atoms with Gasteiger partial charge in [-0.3, -0.25) is 0 Å². The molecule has 1 fully saturated rings. The van der Waals surface area contributed by atoms with Crippen LogP contribution in [0.25, 0.3) is 0 Å². The number of carboxylic acid groups (broad SMARTS) is 1. The summed E-state index contributed by atoms with van der Waals surface area (Å²) in [6, 6.07) is -0.964. The van der Waals surface area contributed by atoms with Gasteiger partial charge >= 0.3 is 12.0 Å². The number of aliphatic carboxylic acids is 1. The Morgan fingerprint density at radius 3 is 2.47 bits per heavy atom. The van der Waals surface area contributed by atoms with Crippen LogP contribution in [0, 0.1) is 5.92 Å². The predicted molar refractivity (Wildman–Crippen MR) is 77.5 cm³/mol.